The number of amides is 1. The van der Waals surface area contributed by atoms with Gasteiger partial charge in [-0.3, -0.25) is 9.69 Å². The Kier molecular flexibility index (Phi) is 5.58. The molecule has 1 N–H and O–H groups in total. The van der Waals surface area contributed by atoms with E-state index in [1.54, 1.807) is 11.8 Å². The van der Waals surface area contributed by atoms with Crippen LogP contribution in [0.1, 0.15) is 46.5 Å². The number of likely N-dealkylation sites (tertiary alicyclic amines) is 1. The summed E-state index contributed by atoms with van der Waals surface area (Å²) in [5.74, 6) is 1.92. The van der Waals surface area contributed by atoms with Gasteiger partial charge in [0.05, 0.1) is 5.25 Å². The second kappa shape index (κ2) is 6.98. The molecule has 1 heterocycles. The van der Waals surface area contributed by atoms with Gasteiger partial charge in [0, 0.05) is 25.2 Å². The summed E-state index contributed by atoms with van der Waals surface area (Å²) in [5.41, 5.74) is 0. The van der Waals surface area contributed by atoms with Crippen LogP contribution in [-0.4, -0.2) is 47.0 Å². The van der Waals surface area contributed by atoms with Crippen LogP contribution in [0.15, 0.2) is 0 Å². The van der Waals surface area contributed by atoms with Crippen LogP contribution in [0.5, 0.6) is 0 Å². The second-order valence-corrected chi connectivity index (χ2v) is 7.59. The lowest BCUT2D eigenvalue weighted by molar-refractivity contribution is -0.121. The van der Waals surface area contributed by atoms with Crippen molar-refractivity contribution in [3.8, 4) is 0 Å². The molecule has 1 aliphatic carbocycles. The molecule has 4 heteroatoms. The Labute approximate surface area is 121 Å². The van der Waals surface area contributed by atoms with Gasteiger partial charge in [-0.2, -0.15) is 0 Å². The average Bonchev–Trinajstić information content (AvgIpc) is 3.16. The second-order valence-electron chi connectivity index (χ2n) is 6.14. The molecule has 1 aliphatic heterocycles. The summed E-state index contributed by atoms with van der Waals surface area (Å²) in [6, 6.07) is 1.18. The molecule has 2 rings (SSSR count). The Morgan fingerprint density at radius 1 is 1.42 bits per heavy atom. The summed E-state index contributed by atoms with van der Waals surface area (Å²) in [5, 5.41) is 3.36. The largest absolute Gasteiger partial charge is 0.351 e. The van der Waals surface area contributed by atoms with Gasteiger partial charge in [-0.1, -0.05) is 20.3 Å². The third-order valence-electron chi connectivity index (χ3n) is 4.27. The molecule has 110 valence electrons. The first-order valence-electron chi connectivity index (χ1n) is 7.77. The highest BCUT2D eigenvalue weighted by atomic mass is 32.2. The molecule has 3 unspecified atom stereocenters. The van der Waals surface area contributed by atoms with Crippen LogP contribution in [0, 0.1) is 5.92 Å². The molecule has 0 bridgehead atoms. The summed E-state index contributed by atoms with van der Waals surface area (Å²) in [4.78, 5) is 14.7. The van der Waals surface area contributed by atoms with E-state index >= 15 is 0 Å². The highest BCUT2D eigenvalue weighted by Crippen LogP contribution is 2.31. The van der Waals surface area contributed by atoms with Gasteiger partial charge in [0.2, 0.25) is 5.91 Å². The normalized spacial score (nSPS) is 29.4. The van der Waals surface area contributed by atoms with Crippen LogP contribution in [0.3, 0.4) is 0 Å². The van der Waals surface area contributed by atoms with E-state index in [1.807, 2.05) is 6.92 Å². The number of hydrogen-bond donors (Lipinski definition) is 1. The third kappa shape index (κ3) is 4.38. The number of rotatable bonds is 7. The Morgan fingerprint density at radius 2 is 2.16 bits per heavy atom. The lowest BCUT2D eigenvalue weighted by atomic mass is 10.1. The van der Waals surface area contributed by atoms with Crippen molar-refractivity contribution >= 4 is 17.7 Å². The molecule has 0 radical (unpaired) electrons. The molecule has 0 aromatic heterocycles. The van der Waals surface area contributed by atoms with Gasteiger partial charge in [-0.15, -0.1) is 11.8 Å². The summed E-state index contributed by atoms with van der Waals surface area (Å²) in [6.07, 6.45) is 5.13. The first-order chi connectivity index (χ1) is 9.11. The van der Waals surface area contributed by atoms with Crippen molar-refractivity contribution in [2.45, 2.75) is 63.8 Å². The fourth-order valence-corrected chi connectivity index (χ4v) is 3.74. The molecule has 0 aromatic rings. The molecule has 1 amide bonds. The van der Waals surface area contributed by atoms with E-state index in [9.17, 15) is 4.79 Å². The quantitative estimate of drug-likeness (QED) is 0.729. The van der Waals surface area contributed by atoms with Gasteiger partial charge < -0.3 is 5.32 Å². The summed E-state index contributed by atoms with van der Waals surface area (Å²) >= 11 is 1.79. The van der Waals surface area contributed by atoms with Crippen LogP contribution in [0.25, 0.3) is 0 Å². The first kappa shape index (κ1) is 15.2. The summed E-state index contributed by atoms with van der Waals surface area (Å²) in [7, 11) is 0. The zero-order valence-corrected chi connectivity index (χ0v) is 13.3. The van der Waals surface area contributed by atoms with E-state index in [4.69, 9.17) is 0 Å². The highest BCUT2D eigenvalue weighted by molar-refractivity contribution is 8.00. The molecule has 2 aliphatic rings. The van der Waals surface area contributed by atoms with E-state index < -0.39 is 0 Å². The maximum Gasteiger partial charge on any atom is 0.233 e. The molecular formula is C15H28N2OS. The highest BCUT2D eigenvalue weighted by Gasteiger charge is 2.38. The van der Waals surface area contributed by atoms with Crippen molar-refractivity contribution < 1.29 is 4.79 Å². The van der Waals surface area contributed by atoms with Crippen LogP contribution in [-0.2, 0) is 4.79 Å². The average molecular weight is 284 g/mol. The van der Waals surface area contributed by atoms with Gasteiger partial charge in [0.25, 0.3) is 0 Å². The van der Waals surface area contributed by atoms with E-state index in [0.717, 1.165) is 24.9 Å². The number of nitrogens with zero attached hydrogens (tertiary/aromatic N) is 1. The summed E-state index contributed by atoms with van der Waals surface area (Å²) < 4.78 is 0. The lowest BCUT2D eigenvalue weighted by Gasteiger charge is -2.19. The standard InChI is InChI=1S/C15H28N2OS/c1-4-5-8-19-12(3)15(18)16-14-10-17(9-11(14)2)13-6-7-13/h11-14H,4-10H2,1-3H3,(H,16,18). The molecule has 0 spiro atoms. The van der Waals surface area contributed by atoms with Crippen molar-refractivity contribution in [1.29, 1.82) is 0 Å². The number of hydrogen-bond acceptors (Lipinski definition) is 3. The molecule has 1 saturated carbocycles. The minimum absolute atomic E-state index is 0.0914. The van der Waals surface area contributed by atoms with Crippen molar-refractivity contribution in [3.63, 3.8) is 0 Å². The Hall–Kier alpha value is -0.220. The lowest BCUT2D eigenvalue weighted by Crippen LogP contribution is -2.43. The van der Waals surface area contributed by atoms with E-state index in [2.05, 4.69) is 24.1 Å². The fraction of sp³-hybridized carbons (Fsp3) is 0.933. The molecule has 19 heavy (non-hydrogen) atoms. The number of carbonyl (C=O) groups excluding carboxylic acids is 1. The predicted octanol–water partition coefficient (Wildman–Crippen LogP) is 2.51. The number of unbranched alkanes of at least 4 members (excludes halogenated alkanes) is 1. The van der Waals surface area contributed by atoms with E-state index in [-0.39, 0.29) is 11.2 Å². The Bertz CT molecular complexity index is 307. The maximum atomic E-state index is 12.2. The van der Waals surface area contributed by atoms with Crippen molar-refractivity contribution in [2.24, 2.45) is 5.92 Å². The van der Waals surface area contributed by atoms with Gasteiger partial charge in [0.15, 0.2) is 0 Å². The molecule has 3 nitrogen and oxygen atoms in total. The van der Waals surface area contributed by atoms with E-state index in [0.29, 0.717) is 12.0 Å². The molecule has 0 aromatic carbocycles. The van der Waals surface area contributed by atoms with Crippen LogP contribution in [0.4, 0.5) is 0 Å². The van der Waals surface area contributed by atoms with Crippen LogP contribution >= 0.6 is 11.8 Å². The monoisotopic (exact) mass is 284 g/mol. The minimum Gasteiger partial charge on any atom is -0.351 e. The molecule has 2 fully saturated rings. The van der Waals surface area contributed by atoms with E-state index in [1.165, 1.54) is 25.7 Å². The SMILES string of the molecule is CCCCSC(C)C(=O)NC1CN(C2CC2)CC1C. The van der Waals surface area contributed by atoms with Gasteiger partial charge >= 0.3 is 0 Å². The van der Waals surface area contributed by atoms with Crippen molar-refractivity contribution in [1.82, 2.24) is 10.2 Å². The number of carbonyl (C=O) groups is 1. The molecule has 1 saturated heterocycles. The molecule has 3 atom stereocenters. The van der Waals surface area contributed by atoms with Crippen molar-refractivity contribution in [2.75, 3.05) is 18.8 Å². The van der Waals surface area contributed by atoms with Gasteiger partial charge in [0.1, 0.15) is 0 Å². The topological polar surface area (TPSA) is 32.3 Å². The third-order valence-corrected chi connectivity index (χ3v) is 5.50. The fourth-order valence-electron chi connectivity index (χ4n) is 2.71. The van der Waals surface area contributed by atoms with Crippen LogP contribution in [0.2, 0.25) is 0 Å². The number of thioether (sulfide) groups is 1. The smallest absolute Gasteiger partial charge is 0.233 e. The van der Waals surface area contributed by atoms with Gasteiger partial charge in [-0.25, -0.2) is 0 Å². The van der Waals surface area contributed by atoms with Crippen LogP contribution < -0.4 is 5.32 Å². The van der Waals surface area contributed by atoms with Crippen molar-refractivity contribution in [3.05, 3.63) is 0 Å². The summed E-state index contributed by atoms with van der Waals surface area (Å²) in [6.45, 7) is 8.71. The van der Waals surface area contributed by atoms with Gasteiger partial charge in [-0.05, 0) is 37.9 Å². The Balaban J connectivity index is 1.72. The minimum atomic E-state index is 0.0914. The maximum absolute atomic E-state index is 12.2. The predicted molar refractivity (Wildman–Crippen MR) is 82.5 cm³/mol. The first-order valence-corrected chi connectivity index (χ1v) is 8.82. The zero-order chi connectivity index (χ0) is 13.8. The Morgan fingerprint density at radius 3 is 2.79 bits per heavy atom. The number of nitrogens with one attached hydrogen (secondary N) is 1. The molecular weight excluding hydrogens is 256 g/mol. The zero-order valence-electron chi connectivity index (χ0n) is 12.5.